The lowest BCUT2D eigenvalue weighted by molar-refractivity contribution is -0.208. The van der Waals surface area contributed by atoms with Gasteiger partial charge < -0.3 is 30.5 Å². The highest BCUT2D eigenvalue weighted by Gasteiger charge is 2.48. The highest BCUT2D eigenvalue weighted by Crippen LogP contribution is 2.32. The summed E-state index contributed by atoms with van der Waals surface area (Å²) in [7, 11) is 0. The first-order valence-electron chi connectivity index (χ1n) is 12.1. The SMILES string of the molecule is CCCCC[C@@H]1C[C@@H](C(=O)N[C@H](C(C)C)[C@H]2O[C@H](SC)[C@H](O)[C@@H](O)[C@H]2O)N(C[C@@H](C)O)C1. The zero-order chi connectivity index (χ0) is 24.0. The molecule has 2 aliphatic heterocycles. The molecule has 0 aromatic heterocycles. The second-order valence-corrected chi connectivity index (χ2v) is 10.8. The van der Waals surface area contributed by atoms with Crippen LogP contribution < -0.4 is 5.32 Å². The molecule has 1 amide bonds. The third-order valence-corrected chi connectivity index (χ3v) is 7.58. The Hall–Kier alpha value is -0.420. The molecule has 9 heteroatoms. The number of carbonyl (C=O) groups is 1. The number of aliphatic hydroxyl groups excluding tert-OH is 4. The molecule has 0 aromatic carbocycles. The van der Waals surface area contributed by atoms with Gasteiger partial charge in [0.25, 0.3) is 0 Å². The number of hydrogen-bond acceptors (Lipinski definition) is 8. The molecule has 2 aliphatic rings. The van der Waals surface area contributed by atoms with Crippen LogP contribution in [0.1, 0.15) is 59.8 Å². The van der Waals surface area contributed by atoms with Gasteiger partial charge >= 0.3 is 0 Å². The molecule has 0 unspecified atom stereocenters. The Kier molecular flexibility index (Phi) is 11.2. The molecule has 0 radical (unpaired) electrons. The van der Waals surface area contributed by atoms with Crippen LogP contribution in [0, 0.1) is 11.8 Å². The Labute approximate surface area is 197 Å². The number of hydrogen-bond donors (Lipinski definition) is 5. The van der Waals surface area contributed by atoms with Gasteiger partial charge in [0, 0.05) is 13.1 Å². The summed E-state index contributed by atoms with van der Waals surface area (Å²) >= 11 is 1.26. The molecule has 0 saturated carbocycles. The monoisotopic (exact) mass is 476 g/mol. The zero-order valence-corrected chi connectivity index (χ0v) is 21.0. The summed E-state index contributed by atoms with van der Waals surface area (Å²) in [6.45, 7) is 9.01. The number of β-amino-alcohol motifs (C(OH)–C–C–N with tert-alkyl or cyclic N) is 1. The van der Waals surface area contributed by atoms with Gasteiger partial charge in [-0.3, -0.25) is 9.69 Å². The molecular formula is C23H44N2O6S. The predicted octanol–water partition coefficient (Wildman–Crippen LogP) is 0.949. The first-order chi connectivity index (χ1) is 15.1. The van der Waals surface area contributed by atoms with Crippen LogP contribution in [0.2, 0.25) is 0 Å². The van der Waals surface area contributed by atoms with Crippen molar-refractivity contribution >= 4 is 17.7 Å². The molecule has 0 bridgehead atoms. The number of nitrogens with zero attached hydrogens (tertiary/aromatic N) is 1. The molecule has 2 rings (SSSR count). The lowest BCUT2D eigenvalue weighted by atomic mass is 9.88. The number of amides is 1. The topological polar surface area (TPSA) is 122 Å². The number of aliphatic hydroxyl groups is 4. The summed E-state index contributed by atoms with van der Waals surface area (Å²) in [5.74, 6) is 0.220. The number of rotatable bonds is 11. The van der Waals surface area contributed by atoms with Gasteiger partial charge in [0.05, 0.1) is 18.2 Å². The Bertz CT molecular complexity index is 579. The maximum atomic E-state index is 13.4. The zero-order valence-electron chi connectivity index (χ0n) is 20.2. The minimum Gasteiger partial charge on any atom is -0.392 e. The summed E-state index contributed by atoms with van der Waals surface area (Å²) in [4.78, 5) is 15.5. The van der Waals surface area contributed by atoms with Gasteiger partial charge in [-0.15, -0.1) is 11.8 Å². The molecule has 2 heterocycles. The standard InChI is InChI=1S/C23H44N2O6S/c1-6-7-8-9-15-10-16(25(12-15)11-14(4)26)22(30)24-17(13(2)3)21-19(28)18(27)20(29)23(31-21)32-5/h13-21,23,26-29H,6-12H2,1-5H3,(H,24,30)/t14-,15-,16+,17-,18+,19-,20-,21-,23-/m1/s1. The van der Waals surface area contributed by atoms with E-state index in [9.17, 15) is 25.2 Å². The highest BCUT2D eigenvalue weighted by atomic mass is 32.2. The van der Waals surface area contributed by atoms with Crippen molar-refractivity contribution in [3.63, 3.8) is 0 Å². The lowest BCUT2D eigenvalue weighted by Crippen LogP contribution is -2.64. The maximum Gasteiger partial charge on any atom is 0.237 e. The van der Waals surface area contributed by atoms with E-state index in [1.165, 1.54) is 18.2 Å². The normalized spacial score (nSPS) is 35.8. The van der Waals surface area contributed by atoms with E-state index >= 15 is 0 Å². The maximum absolute atomic E-state index is 13.4. The lowest BCUT2D eigenvalue weighted by Gasteiger charge is -2.44. The molecule has 0 aliphatic carbocycles. The summed E-state index contributed by atoms with van der Waals surface area (Å²) < 4.78 is 5.93. The van der Waals surface area contributed by atoms with E-state index in [2.05, 4.69) is 17.1 Å². The predicted molar refractivity (Wildman–Crippen MR) is 126 cm³/mol. The summed E-state index contributed by atoms with van der Waals surface area (Å²) in [6, 6.07) is -0.869. The fourth-order valence-electron chi connectivity index (χ4n) is 4.96. The van der Waals surface area contributed by atoms with Gasteiger partial charge in [0.1, 0.15) is 29.9 Å². The van der Waals surface area contributed by atoms with E-state index in [-0.39, 0.29) is 17.9 Å². The molecule has 0 aromatic rings. The second kappa shape index (κ2) is 12.9. The van der Waals surface area contributed by atoms with Crippen molar-refractivity contribution in [3.8, 4) is 0 Å². The number of thioether (sulfide) groups is 1. The van der Waals surface area contributed by atoms with E-state index in [0.29, 0.717) is 12.5 Å². The largest absolute Gasteiger partial charge is 0.392 e. The molecule has 2 saturated heterocycles. The number of carbonyl (C=O) groups excluding carboxylic acids is 1. The quantitative estimate of drug-likeness (QED) is 0.279. The van der Waals surface area contributed by atoms with Crippen molar-refractivity contribution in [2.75, 3.05) is 19.3 Å². The van der Waals surface area contributed by atoms with Gasteiger partial charge in [-0.1, -0.05) is 40.0 Å². The fraction of sp³-hybridized carbons (Fsp3) is 0.957. The van der Waals surface area contributed by atoms with Crippen LogP contribution in [0.4, 0.5) is 0 Å². The molecule has 8 nitrogen and oxygen atoms in total. The Morgan fingerprint density at radius 3 is 2.41 bits per heavy atom. The van der Waals surface area contributed by atoms with Gasteiger partial charge in [0.15, 0.2) is 0 Å². The summed E-state index contributed by atoms with van der Waals surface area (Å²) in [5, 5.41) is 44.1. The van der Waals surface area contributed by atoms with Crippen molar-refractivity contribution in [1.29, 1.82) is 0 Å². The molecular weight excluding hydrogens is 432 g/mol. The number of nitrogens with one attached hydrogen (secondary N) is 1. The van der Waals surface area contributed by atoms with Gasteiger partial charge in [-0.2, -0.15) is 0 Å². The molecule has 0 spiro atoms. The van der Waals surface area contributed by atoms with Crippen LogP contribution in [0.25, 0.3) is 0 Å². The Morgan fingerprint density at radius 1 is 1.16 bits per heavy atom. The molecule has 32 heavy (non-hydrogen) atoms. The highest BCUT2D eigenvalue weighted by molar-refractivity contribution is 7.99. The minimum absolute atomic E-state index is 0.0597. The van der Waals surface area contributed by atoms with E-state index in [1.807, 2.05) is 13.8 Å². The van der Waals surface area contributed by atoms with E-state index < -0.39 is 42.0 Å². The minimum atomic E-state index is -1.34. The van der Waals surface area contributed by atoms with Gasteiger partial charge in [-0.05, 0) is 37.9 Å². The number of ether oxygens (including phenoxy) is 1. The summed E-state index contributed by atoms with van der Waals surface area (Å²) in [6.07, 6.45) is 1.87. The van der Waals surface area contributed by atoms with Crippen LogP contribution in [0.15, 0.2) is 0 Å². The Morgan fingerprint density at radius 2 is 1.84 bits per heavy atom. The van der Waals surface area contributed by atoms with Crippen molar-refractivity contribution in [2.45, 2.75) is 108 Å². The van der Waals surface area contributed by atoms with Gasteiger partial charge in [0.2, 0.25) is 5.91 Å². The Balaban J connectivity index is 2.12. The van der Waals surface area contributed by atoms with E-state index in [4.69, 9.17) is 4.74 Å². The van der Waals surface area contributed by atoms with Crippen molar-refractivity contribution in [1.82, 2.24) is 10.2 Å². The first kappa shape index (κ1) is 27.8. The van der Waals surface area contributed by atoms with Crippen LogP contribution >= 0.6 is 11.8 Å². The van der Waals surface area contributed by atoms with Gasteiger partial charge in [-0.25, -0.2) is 0 Å². The molecule has 9 atom stereocenters. The number of unbranched alkanes of at least 4 members (excludes halogenated alkanes) is 2. The van der Waals surface area contributed by atoms with Crippen LogP contribution in [0.3, 0.4) is 0 Å². The third-order valence-electron chi connectivity index (χ3n) is 6.73. The summed E-state index contributed by atoms with van der Waals surface area (Å²) in [5.41, 5.74) is -0.683. The van der Waals surface area contributed by atoms with E-state index in [0.717, 1.165) is 32.2 Å². The van der Waals surface area contributed by atoms with Crippen LogP contribution in [-0.2, 0) is 9.53 Å². The number of likely N-dealkylation sites (tertiary alicyclic amines) is 1. The van der Waals surface area contributed by atoms with Crippen molar-refractivity contribution < 1.29 is 30.0 Å². The van der Waals surface area contributed by atoms with E-state index in [1.54, 1.807) is 13.2 Å². The fourth-order valence-corrected chi connectivity index (χ4v) is 5.64. The average Bonchev–Trinajstić information content (AvgIpc) is 3.12. The molecule has 2 fully saturated rings. The third kappa shape index (κ3) is 7.04. The van der Waals surface area contributed by atoms with Crippen LogP contribution in [-0.4, -0.2) is 98.6 Å². The molecule has 188 valence electrons. The van der Waals surface area contributed by atoms with Crippen LogP contribution in [0.5, 0.6) is 0 Å². The smallest absolute Gasteiger partial charge is 0.237 e. The van der Waals surface area contributed by atoms with Crippen molar-refractivity contribution in [3.05, 3.63) is 0 Å². The first-order valence-corrected chi connectivity index (χ1v) is 13.3. The van der Waals surface area contributed by atoms with Crippen molar-refractivity contribution in [2.24, 2.45) is 11.8 Å². The average molecular weight is 477 g/mol. The molecule has 5 N–H and O–H groups in total. The second-order valence-electron chi connectivity index (χ2n) is 9.87.